The summed E-state index contributed by atoms with van der Waals surface area (Å²) in [6.45, 7) is 0.0663. The van der Waals surface area contributed by atoms with E-state index in [-0.39, 0.29) is 24.5 Å². The van der Waals surface area contributed by atoms with Crippen LogP contribution in [0.4, 0.5) is 11.4 Å². The van der Waals surface area contributed by atoms with Gasteiger partial charge in [0.1, 0.15) is 12.3 Å². The Morgan fingerprint density at radius 3 is 2.18 bits per heavy atom. The van der Waals surface area contributed by atoms with Crippen LogP contribution in [0.25, 0.3) is 0 Å². The molecule has 114 valence electrons. The van der Waals surface area contributed by atoms with Crippen molar-refractivity contribution in [2.24, 2.45) is 0 Å². The van der Waals surface area contributed by atoms with Gasteiger partial charge in [-0.2, -0.15) is 0 Å². The standard InChI is InChI=1S/C15H14N2O5/c18-14-7-5-12(6-8-14)16(10-15(19)20)9-11-1-3-13(4-2-11)17(21)22/h1-8,18H,9-10H2,(H,19,20). The number of nitro groups is 1. The van der Waals surface area contributed by atoms with Crippen LogP contribution in [0, 0.1) is 10.1 Å². The Balaban J connectivity index is 2.20. The molecule has 0 heterocycles. The quantitative estimate of drug-likeness (QED) is 0.627. The van der Waals surface area contributed by atoms with Gasteiger partial charge in [-0.3, -0.25) is 14.9 Å². The maximum Gasteiger partial charge on any atom is 0.323 e. The average molecular weight is 302 g/mol. The van der Waals surface area contributed by atoms with Crippen molar-refractivity contribution < 1.29 is 19.9 Å². The molecule has 0 saturated carbocycles. The number of hydrogen-bond donors (Lipinski definition) is 2. The van der Waals surface area contributed by atoms with Crippen molar-refractivity contribution in [1.82, 2.24) is 0 Å². The highest BCUT2D eigenvalue weighted by Crippen LogP contribution is 2.21. The Labute approximate surface area is 126 Å². The van der Waals surface area contributed by atoms with E-state index in [0.717, 1.165) is 5.56 Å². The van der Waals surface area contributed by atoms with Gasteiger partial charge in [-0.1, -0.05) is 12.1 Å². The predicted octanol–water partition coefficient (Wildman–Crippen LogP) is 2.39. The van der Waals surface area contributed by atoms with Gasteiger partial charge in [0.25, 0.3) is 5.69 Å². The minimum Gasteiger partial charge on any atom is -0.508 e. The lowest BCUT2D eigenvalue weighted by Gasteiger charge is -2.23. The number of carbonyl (C=O) groups is 1. The first kappa shape index (κ1) is 15.3. The summed E-state index contributed by atoms with van der Waals surface area (Å²) < 4.78 is 0. The van der Waals surface area contributed by atoms with E-state index in [2.05, 4.69) is 0 Å². The fraction of sp³-hybridized carbons (Fsp3) is 0.133. The zero-order chi connectivity index (χ0) is 16.1. The molecule has 7 nitrogen and oxygen atoms in total. The van der Waals surface area contributed by atoms with Crippen molar-refractivity contribution >= 4 is 17.3 Å². The van der Waals surface area contributed by atoms with Crippen LogP contribution in [0.5, 0.6) is 5.75 Å². The second kappa shape index (κ2) is 6.57. The Bertz CT molecular complexity index is 667. The summed E-state index contributed by atoms with van der Waals surface area (Å²) in [4.78, 5) is 22.7. The average Bonchev–Trinajstić information content (AvgIpc) is 2.47. The maximum atomic E-state index is 11.0. The zero-order valence-corrected chi connectivity index (χ0v) is 11.5. The molecule has 7 heteroatoms. The van der Waals surface area contributed by atoms with Crippen molar-refractivity contribution in [2.45, 2.75) is 6.54 Å². The summed E-state index contributed by atoms with van der Waals surface area (Å²) in [6, 6.07) is 12.1. The van der Waals surface area contributed by atoms with E-state index in [1.807, 2.05) is 0 Å². The lowest BCUT2D eigenvalue weighted by molar-refractivity contribution is -0.384. The van der Waals surface area contributed by atoms with Crippen LogP contribution < -0.4 is 4.90 Å². The van der Waals surface area contributed by atoms with E-state index in [0.29, 0.717) is 5.69 Å². The van der Waals surface area contributed by atoms with Gasteiger partial charge >= 0.3 is 5.97 Å². The number of anilines is 1. The van der Waals surface area contributed by atoms with E-state index in [1.54, 1.807) is 29.2 Å². The number of nitrogens with zero attached hydrogens (tertiary/aromatic N) is 2. The second-order valence-electron chi connectivity index (χ2n) is 4.69. The van der Waals surface area contributed by atoms with Gasteiger partial charge in [0.15, 0.2) is 0 Å². The van der Waals surface area contributed by atoms with Crippen molar-refractivity contribution in [3.8, 4) is 5.75 Å². The van der Waals surface area contributed by atoms with E-state index >= 15 is 0 Å². The number of nitro benzene ring substituents is 1. The smallest absolute Gasteiger partial charge is 0.323 e. The maximum absolute atomic E-state index is 11.0. The van der Waals surface area contributed by atoms with Crippen molar-refractivity contribution in [1.29, 1.82) is 0 Å². The van der Waals surface area contributed by atoms with Crippen molar-refractivity contribution in [2.75, 3.05) is 11.4 Å². The van der Waals surface area contributed by atoms with Gasteiger partial charge in [0, 0.05) is 24.4 Å². The molecule has 2 rings (SSSR count). The van der Waals surface area contributed by atoms with Crippen LogP contribution in [-0.4, -0.2) is 27.7 Å². The Kier molecular flexibility index (Phi) is 4.57. The third-order valence-electron chi connectivity index (χ3n) is 3.06. The molecule has 0 saturated heterocycles. The molecular formula is C15H14N2O5. The molecule has 0 atom stereocenters. The van der Waals surface area contributed by atoms with E-state index in [4.69, 9.17) is 5.11 Å². The highest BCUT2D eigenvalue weighted by Gasteiger charge is 2.12. The summed E-state index contributed by atoms with van der Waals surface area (Å²) in [7, 11) is 0. The molecule has 2 aromatic rings. The molecular weight excluding hydrogens is 288 g/mol. The number of carboxylic acids is 1. The third-order valence-corrected chi connectivity index (χ3v) is 3.06. The van der Waals surface area contributed by atoms with Gasteiger partial charge in [-0.15, -0.1) is 0 Å². The number of benzene rings is 2. The first-order chi connectivity index (χ1) is 10.5. The highest BCUT2D eigenvalue weighted by atomic mass is 16.6. The molecule has 0 amide bonds. The summed E-state index contributed by atoms with van der Waals surface area (Å²) in [5.74, 6) is -0.899. The monoisotopic (exact) mass is 302 g/mol. The summed E-state index contributed by atoms with van der Waals surface area (Å²) in [5.41, 5.74) is 1.37. The number of rotatable bonds is 6. The van der Waals surface area contributed by atoms with Crippen LogP contribution in [0.1, 0.15) is 5.56 Å². The Hall–Kier alpha value is -3.09. The second-order valence-corrected chi connectivity index (χ2v) is 4.69. The van der Waals surface area contributed by atoms with Crippen LogP contribution in [-0.2, 0) is 11.3 Å². The predicted molar refractivity (Wildman–Crippen MR) is 79.9 cm³/mol. The zero-order valence-electron chi connectivity index (χ0n) is 11.5. The molecule has 0 radical (unpaired) electrons. The van der Waals surface area contributed by atoms with Crippen molar-refractivity contribution in [3.63, 3.8) is 0 Å². The molecule has 0 aliphatic heterocycles. The number of aromatic hydroxyl groups is 1. The van der Waals surface area contributed by atoms with Gasteiger partial charge in [0.05, 0.1) is 4.92 Å². The van der Waals surface area contributed by atoms with E-state index in [9.17, 15) is 20.0 Å². The van der Waals surface area contributed by atoms with Gasteiger partial charge < -0.3 is 15.1 Å². The first-order valence-electron chi connectivity index (χ1n) is 6.45. The van der Waals surface area contributed by atoms with Crippen LogP contribution >= 0.6 is 0 Å². The molecule has 2 N–H and O–H groups in total. The van der Waals surface area contributed by atoms with E-state index in [1.165, 1.54) is 24.3 Å². The van der Waals surface area contributed by atoms with Crippen LogP contribution in [0.15, 0.2) is 48.5 Å². The number of phenols is 1. The topological polar surface area (TPSA) is 104 Å². The number of phenolic OH excluding ortho intramolecular Hbond substituents is 1. The first-order valence-corrected chi connectivity index (χ1v) is 6.45. The fourth-order valence-electron chi connectivity index (χ4n) is 2.01. The molecule has 0 unspecified atom stereocenters. The molecule has 0 fully saturated rings. The Morgan fingerprint density at radius 1 is 1.09 bits per heavy atom. The number of aliphatic carboxylic acids is 1. The normalized spacial score (nSPS) is 10.2. The van der Waals surface area contributed by atoms with Gasteiger partial charge in [-0.25, -0.2) is 0 Å². The fourth-order valence-corrected chi connectivity index (χ4v) is 2.01. The lowest BCUT2D eigenvalue weighted by Crippen LogP contribution is -2.29. The van der Waals surface area contributed by atoms with Gasteiger partial charge in [-0.05, 0) is 29.8 Å². The van der Waals surface area contributed by atoms with Crippen molar-refractivity contribution in [3.05, 3.63) is 64.2 Å². The summed E-state index contributed by atoms with van der Waals surface area (Å²) >= 11 is 0. The van der Waals surface area contributed by atoms with Crippen LogP contribution in [0.2, 0.25) is 0 Å². The SMILES string of the molecule is O=C(O)CN(Cc1ccc([N+](=O)[O-])cc1)c1ccc(O)cc1. The number of non-ortho nitro benzene ring substituents is 1. The molecule has 0 aliphatic carbocycles. The summed E-state index contributed by atoms with van der Waals surface area (Å²) in [5, 5.41) is 28.9. The molecule has 0 aliphatic rings. The molecule has 0 spiro atoms. The molecule has 2 aromatic carbocycles. The molecule has 0 bridgehead atoms. The minimum atomic E-state index is -0.991. The van der Waals surface area contributed by atoms with E-state index < -0.39 is 10.9 Å². The summed E-state index contributed by atoms with van der Waals surface area (Å²) in [6.07, 6.45) is 0. The molecule has 0 aromatic heterocycles. The largest absolute Gasteiger partial charge is 0.508 e. The number of hydrogen-bond acceptors (Lipinski definition) is 5. The molecule has 22 heavy (non-hydrogen) atoms. The Morgan fingerprint density at radius 2 is 1.68 bits per heavy atom. The number of carboxylic acid groups (broad SMARTS) is 1. The van der Waals surface area contributed by atoms with Gasteiger partial charge in [0.2, 0.25) is 0 Å². The highest BCUT2D eigenvalue weighted by molar-refractivity contribution is 5.73. The van der Waals surface area contributed by atoms with Crippen LogP contribution in [0.3, 0.4) is 0 Å². The lowest BCUT2D eigenvalue weighted by atomic mass is 10.1. The third kappa shape index (κ3) is 3.95. The minimum absolute atomic E-state index is 0.0156.